The fourth-order valence-corrected chi connectivity index (χ4v) is 4.71. The maximum Gasteiger partial charge on any atom is 0.421 e. The first-order valence-corrected chi connectivity index (χ1v) is 11.1. The van der Waals surface area contributed by atoms with Crippen molar-refractivity contribution in [3.8, 4) is 16.9 Å². The highest BCUT2D eigenvalue weighted by molar-refractivity contribution is 6.03. The highest BCUT2D eigenvalue weighted by atomic mass is 19.4. The Labute approximate surface area is 208 Å². The number of hydrogen-bond acceptors (Lipinski definition) is 5. The normalized spacial score (nSPS) is 16.9. The van der Waals surface area contributed by atoms with Crippen LogP contribution in [0.25, 0.3) is 11.1 Å². The smallest absolute Gasteiger partial charge is 0.421 e. The number of benzene rings is 2. The summed E-state index contributed by atoms with van der Waals surface area (Å²) >= 11 is 0. The Morgan fingerprint density at radius 3 is 2.49 bits per heavy atom. The number of hydrogen-bond donors (Lipinski definition) is 1. The average Bonchev–Trinajstić information content (AvgIpc) is 3.19. The van der Waals surface area contributed by atoms with Crippen molar-refractivity contribution < 1.29 is 22.3 Å². The number of ether oxygens (including phenoxy) is 1. The van der Waals surface area contributed by atoms with E-state index in [9.17, 15) is 22.4 Å². The first kappa shape index (κ1) is 24.2. The molecule has 37 heavy (non-hydrogen) atoms. The lowest BCUT2D eigenvalue weighted by Gasteiger charge is -2.30. The molecule has 4 aromatic rings. The second-order valence-electron chi connectivity index (χ2n) is 8.62. The predicted octanol–water partition coefficient (Wildman–Crippen LogP) is 4.62. The van der Waals surface area contributed by atoms with Crippen LogP contribution in [0.1, 0.15) is 27.8 Å². The topological polar surface area (TPSA) is 82.5 Å². The molecule has 0 spiro atoms. The molecule has 0 bridgehead atoms. The molecule has 0 saturated carbocycles. The Bertz CT molecular complexity index is 1630. The molecule has 0 radical (unpaired) electrons. The Balaban J connectivity index is 1.85. The number of nitrogens with two attached hydrogens (primary N) is 1. The highest BCUT2D eigenvalue weighted by Crippen LogP contribution is 2.47. The van der Waals surface area contributed by atoms with Crippen LogP contribution < -0.4 is 16.0 Å². The van der Waals surface area contributed by atoms with E-state index >= 15 is 0 Å². The van der Waals surface area contributed by atoms with E-state index in [-0.39, 0.29) is 22.5 Å². The van der Waals surface area contributed by atoms with Gasteiger partial charge in [-0.1, -0.05) is 30.3 Å². The van der Waals surface area contributed by atoms with Gasteiger partial charge in [-0.05, 0) is 35.4 Å². The SMILES string of the molecule is COc1cncc(-c2cccc(C3(c4cc(C(F)(F)F)c(=O)n(C)c4)N=C(N)c4c(F)cccc43)c2)c1. The number of fused-ring (bicyclic) bond motifs is 1. The Morgan fingerprint density at radius 2 is 1.76 bits per heavy atom. The van der Waals surface area contributed by atoms with Crippen molar-refractivity contribution in [3.63, 3.8) is 0 Å². The van der Waals surface area contributed by atoms with E-state index in [2.05, 4.69) is 9.98 Å². The van der Waals surface area contributed by atoms with E-state index in [1.807, 2.05) is 0 Å². The van der Waals surface area contributed by atoms with Crippen LogP contribution in [0.5, 0.6) is 5.75 Å². The van der Waals surface area contributed by atoms with Gasteiger partial charge in [0.05, 0.1) is 18.9 Å². The van der Waals surface area contributed by atoms with E-state index in [0.29, 0.717) is 22.4 Å². The third kappa shape index (κ3) is 3.85. The molecule has 0 amide bonds. The van der Waals surface area contributed by atoms with Crippen molar-refractivity contribution in [1.29, 1.82) is 0 Å². The van der Waals surface area contributed by atoms with Crippen molar-refractivity contribution >= 4 is 5.84 Å². The van der Waals surface area contributed by atoms with E-state index < -0.39 is 28.7 Å². The molecule has 2 N–H and O–H groups in total. The fraction of sp³-hybridized carbons (Fsp3) is 0.148. The molecule has 0 saturated heterocycles. The molecular formula is C27H20F4N4O2. The van der Waals surface area contributed by atoms with Crippen molar-refractivity contribution in [2.45, 2.75) is 11.7 Å². The molecule has 2 aromatic heterocycles. The van der Waals surface area contributed by atoms with Crippen molar-refractivity contribution in [2.24, 2.45) is 17.8 Å². The van der Waals surface area contributed by atoms with E-state index in [1.54, 1.807) is 48.8 Å². The number of methoxy groups -OCH3 is 1. The van der Waals surface area contributed by atoms with Gasteiger partial charge >= 0.3 is 6.18 Å². The molecule has 10 heteroatoms. The van der Waals surface area contributed by atoms with Crippen molar-refractivity contribution in [1.82, 2.24) is 9.55 Å². The van der Waals surface area contributed by atoms with Crippen LogP contribution in [-0.4, -0.2) is 22.5 Å². The zero-order valence-electron chi connectivity index (χ0n) is 19.7. The third-order valence-electron chi connectivity index (χ3n) is 6.42. The van der Waals surface area contributed by atoms with Crippen LogP contribution in [0, 0.1) is 5.82 Å². The summed E-state index contributed by atoms with van der Waals surface area (Å²) in [6.45, 7) is 0. The summed E-state index contributed by atoms with van der Waals surface area (Å²) < 4.78 is 62.6. The summed E-state index contributed by atoms with van der Waals surface area (Å²) in [6.07, 6.45) is -0.492. The van der Waals surface area contributed by atoms with Crippen molar-refractivity contribution in [2.75, 3.05) is 7.11 Å². The summed E-state index contributed by atoms with van der Waals surface area (Å²) in [5.41, 5.74) is 3.98. The summed E-state index contributed by atoms with van der Waals surface area (Å²) in [5.74, 6) is -0.306. The van der Waals surface area contributed by atoms with Crippen LogP contribution in [0.4, 0.5) is 17.6 Å². The minimum absolute atomic E-state index is 0.00152. The second-order valence-corrected chi connectivity index (χ2v) is 8.62. The van der Waals surface area contributed by atoms with Gasteiger partial charge < -0.3 is 15.0 Å². The maximum atomic E-state index is 14.9. The monoisotopic (exact) mass is 508 g/mol. The van der Waals surface area contributed by atoms with Gasteiger partial charge in [-0.25, -0.2) is 9.38 Å². The zero-order chi connectivity index (χ0) is 26.5. The standard InChI is InChI=1S/C27H20F4N4O2/c1-35-14-18(11-21(25(35)36)27(29,30)31)26(20-7-4-8-22(28)23(20)24(32)34-26)17-6-3-5-15(9-17)16-10-19(37-2)13-33-12-16/h3-14H,1-2H3,(H2,32,34). The zero-order valence-corrected chi connectivity index (χ0v) is 19.7. The molecule has 6 nitrogen and oxygen atoms in total. The largest absolute Gasteiger partial charge is 0.495 e. The molecule has 5 rings (SSSR count). The van der Waals surface area contributed by atoms with Crippen molar-refractivity contribution in [3.05, 3.63) is 117 Å². The summed E-state index contributed by atoms with van der Waals surface area (Å²) in [6, 6.07) is 13.6. The lowest BCUT2D eigenvalue weighted by atomic mass is 9.77. The quantitative estimate of drug-likeness (QED) is 0.408. The predicted molar refractivity (Wildman–Crippen MR) is 130 cm³/mol. The van der Waals surface area contributed by atoms with Gasteiger partial charge in [0.2, 0.25) is 0 Å². The van der Waals surface area contributed by atoms with E-state index in [4.69, 9.17) is 10.5 Å². The number of aromatic nitrogens is 2. The number of nitrogens with zero attached hydrogens (tertiary/aromatic N) is 3. The number of aliphatic imine (C=N–C) groups is 1. The minimum atomic E-state index is -4.92. The van der Waals surface area contributed by atoms with Crippen LogP contribution in [-0.2, 0) is 18.8 Å². The maximum absolute atomic E-state index is 14.9. The molecule has 1 aliphatic rings. The second kappa shape index (κ2) is 8.58. The van der Waals surface area contributed by atoms with Crippen LogP contribution in [0.2, 0.25) is 0 Å². The molecule has 0 fully saturated rings. The molecule has 1 aliphatic heterocycles. The minimum Gasteiger partial charge on any atom is -0.495 e. The number of alkyl halides is 3. The molecule has 3 heterocycles. The third-order valence-corrected chi connectivity index (χ3v) is 6.42. The number of halogens is 4. The Kier molecular flexibility index (Phi) is 5.62. The molecular weight excluding hydrogens is 488 g/mol. The van der Waals surface area contributed by atoms with Crippen LogP contribution >= 0.6 is 0 Å². The van der Waals surface area contributed by atoms with Gasteiger partial charge in [-0.3, -0.25) is 9.78 Å². The lowest BCUT2D eigenvalue weighted by Crippen LogP contribution is -2.32. The Hall–Kier alpha value is -4.47. The molecule has 2 aromatic carbocycles. The molecule has 1 unspecified atom stereocenters. The summed E-state index contributed by atoms with van der Waals surface area (Å²) in [7, 11) is 2.73. The number of amidine groups is 1. The average molecular weight is 508 g/mol. The fourth-order valence-electron chi connectivity index (χ4n) is 4.71. The number of aryl methyl sites for hydroxylation is 1. The van der Waals surface area contributed by atoms with Crippen LogP contribution in [0.3, 0.4) is 0 Å². The van der Waals surface area contributed by atoms with Gasteiger partial charge in [-0.2, -0.15) is 13.2 Å². The molecule has 188 valence electrons. The summed E-state index contributed by atoms with van der Waals surface area (Å²) in [5, 5.41) is 0. The lowest BCUT2D eigenvalue weighted by molar-refractivity contribution is -0.139. The van der Waals surface area contributed by atoms with Gasteiger partial charge in [0.1, 0.15) is 28.5 Å². The van der Waals surface area contributed by atoms with Gasteiger partial charge in [-0.15, -0.1) is 0 Å². The highest BCUT2D eigenvalue weighted by Gasteiger charge is 2.46. The Morgan fingerprint density at radius 1 is 1.00 bits per heavy atom. The van der Waals surface area contributed by atoms with E-state index in [0.717, 1.165) is 10.6 Å². The van der Waals surface area contributed by atoms with Crippen LogP contribution in [0.15, 0.2) is 83.0 Å². The van der Waals surface area contributed by atoms with E-state index in [1.165, 1.54) is 32.5 Å². The molecule has 1 atom stereocenters. The van der Waals surface area contributed by atoms with Gasteiger partial charge in [0.15, 0.2) is 0 Å². The first-order chi connectivity index (χ1) is 17.6. The molecule has 0 aliphatic carbocycles. The first-order valence-electron chi connectivity index (χ1n) is 11.1. The summed E-state index contributed by atoms with van der Waals surface area (Å²) in [4.78, 5) is 21.1. The number of pyridine rings is 2. The number of rotatable bonds is 4. The van der Waals surface area contributed by atoms with Gasteiger partial charge in [0.25, 0.3) is 5.56 Å². The van der Waals surface area contributed by atoms with Gasteiger partial charge in [0, 0.05) is 36.1 Å².